The fourth-order valence-electron chi connectivity index (χ4n) is 2.80. The Hall–Kier alpha value is -0.490. The number of nitrogen functional groups attached to an aromatic ring is 1. The van der Waals surface area contributed by atoms with Gasteiger partial charge in [0.2, 0.25) is 10.0 Å². The lowest BCUT2D eigenvalue weighted by Crippen LogP contribution is -2.39. The Labute approximate surface area is 129 Å². The molecular weight excluding hydrogens is 319 g/mol. The molecule has 2 rings (SSSR count). The van der Waals surface area contributed by atoms with Crippen LogP contribution in [0.5, 0.6) is 0 Å². The zero-order chi connectivity index (χ0) is 15.1. The number of nitrogens with zero attached hydrogens (tertiary/aromatic N) is 1. The van der Waals surface area contributed by atoms with Crippen LogP contribution in [0.1, 0.15) is 33.1 Å². The highest BCUT2D eigenvalue weighted by Crippen LogP contribution is 2.38. The van der Waals surface area contributed by atoms with E-state index in [1.165, 1.54) is 16.4 Å². The molecule has 7 heteroatoms. The second-order valence-electron chi connectivity index (χ2n) is 5.14. The summed E-state index contributed by atoms with van der Waals surface area (Å²) in [7, 11) is -3.71. The Morgan fingerprint density at radius 3 is 2.35 bits per heavy atom. The van der Waals surface area contributed by atoms with Crippen LogP contribution in [-0.4, -0.2) is 24.8 Å². The molecule has 1 saturated heterocycles. The summed E-state index contributed by atoms with van der Waals surface area (Å²) < 4.78 is 27.3. The number of hydrogen-bond donors (Lipinski definition) is 1. The molecule has 1 aliphatic heterocycles. The van der Waals surface area contributed by atoms with Gasteiger partial charge >= 0.3 is 0 Å². The van der Waals surface area contributed by atoms with Crippen LogP contribution in [0.2, 0.25) is 10.0 Å². The number of anilines is 1. The van der Waals surface area contributed by atoms with Crippen molar-refractivity contribution in [1.82, 2.24) is 4.31 Å². The van der Waals surface area contributed by atoms with Gasteiger partial charge in [0.15, 0.2) is 0 Å². The van der Waals surface area contributed by atoms with Crippen LogP contribution in [0.25, 0.3) is 0 Å². The summed E-state index contributed by atoms with van der Waals surface area (Å²) in [6.07, 6.45) is 2.48. The van der Waals surface area contributed by atoms with Crippen molar-refractivity contribution < 1.29 is 8.42 Å². The van der Waals surface area contributed by atoms with E-state index in [2.05, 4.69) is 0 Å². The smallest absolute Gasteiger partial charge is 0.246 e. The van der Waals surface area contributed by atoms with E-state index >= 15 is 0 Å². The van der Waals surface area contributed by atoms with Crippen molar-refractivity contribution in [1.29, 1.82) is 0 Å². The second-order valence-corrected chi connectivity index (χ2v) is 7.73. The third kappa shape index (κ3) is 2.64. The van der Waals surface area contributed by atoms with Gasteiger partial charge in [-0.05, 0) is 38.3 Å². The maximum atomic E-state index is 12.9. The molecule has 112 valence electrons. The molecule has 1 aromatic rings. The topological polar surface area (TPSA) is 63.4 Å². The Morgan fingerprint density at radius 2 is 1.85 bits per heavy atom. The fraction of sp³-hybridized carbons (Fsp3) is 0.538. The molecule has 1 fully saturated rings. The third-order valence-corrected chi connectivity index (χ3v) is 6.73. The molecule has 0 bridgehead atoms. The Morgan fingerprint density at radius 1 is 1.30 bits per heavy atom. The summed E-state index contributed by atoms with van der Waals surface area (Å²) in [5.41, 5.74) is 5.98. The lowest BCUT2D eigenvalue weighted by Gasteiger charge is -2.27. The first-order valence-corrected chi connectivity index (χ1v) is 8.76. The average Bonchev–Trinajstić information content (AvgIpc) is 2.69. The number of rotatable bonds is 3. The first-order chi connectivity index (χ1) is 9.28. The van der Waals surface area contributed by atoms with E-state index in [4.69, 9.17) is 28.9 Å². The Bertz CT molecular complexity index is 596. The maximum absolute atomic E-state index is 12.9. The molecule has 2 atom stereocenters. The predicted octanol–water partition coefficient (Wildman–Crippen LogP) is 3.53. The van der Waals surface area contributed by atoms with Gasteiger partial charge in [0, 0.05) is 17.8 Å². The van der Waals surface area contributed by atoms with Gasteiger partial charge in [-0.2, -0.15) is 4.31 Å². The molecule has 2 unspecified atom stereocenters. The number of nitrogens with two attached hydrogens (primary N) is 1. The first kappa shape index (κ1) is 15.9. The van der Waals surface area contributed by atoms with E-state index in [1.807, 2.05) is 13.8 Å². The van der Waals surface area contributed by atoms with Crippen molar-refractivity contribution in [3.05, 3.63) is 22.2 Å². The number of halogens is 2. The lowest BCUT2D eigenvalue weighted by molar-refractivity contribution is 0.329. The normalized spacial score (nSPS) is 24.2. The number of sulfonamides is 1. The van der Waals surface area contributed by atoms with Gasteiger partial charge in [0.05, 0.1) is 10.0 Å². The average molecular weight is 337 g/mol. The van der Waals surface area contributed by atoms with Crippen LogP contribution in [0.3, 0.4) is 0 Å². The molecule has 4 nitrogen and oxygen atoms in total. The molecule has 0 spiro atoms. The van der Waals surface area contributed by atoms with Crippen LogP contribution in [0.15, 0.2) is 17.0 Å². The van der Waals surface area contributed by atoms with E-state index < -0.39 is 10.0 Å². The molecule has 0 radical (unpaired) electrons. The van der Waals surface area contributed by atoms with E-state index in [0.29, 0.717) is 5.69 Å². The van der Waals surface area contributed by atoms with E-state index in [9.17, 15) is 8.42 Å². The SMILES string of the molecule is CCC1CCC(C)N1S(=O)(=O)c1c(Cl)cc(N)cc1Cl. The lowest BCUT2D eigenvalue weighted by atomic mass is 10.2. The third-order valence-electron chi connectivity index (χ3n) is 3.74. The molecule has 0 saturated carbocycles. The van der Waals surface area contributed by atoms with Gasteiger partial charge in [-0.25, -0.2) is 8.42 Å². The van der Waals surface area contributed by atoms with Crippen molar-refractivity contribution in [2.24, 2.45) is 0 Å². The minimum absolute atomic E-state index is 0.000290. The first-order valence-electron chi connectivity index (χ1n) is 6.57. The molecule has 1 aromatic carbocycles. The molecule has 1 heterocycles. The number of benzene rings is 1. The molecule has 0 aromatic heterocycles. The standard InChI is InChI=1S/C13H18Cl2N2O2S/c1-3-10-5-4-8(2)17(10)20(18,19)13-11(14)6-9(16)7-12(13)15/h6-8,10H,3-5,16H2,1-2H3. The summed E-state index contributed by atoms with van der Waals surface area (Å²) >= 11 is 12.1. The Balaban J connectivity index is 2.56. The summed E-state index contributed by atoms with van der Waals surface area (Å²) in [4.78, 5) is -0.0396. The van der Waals surface area contributed by atoms with Gasteiger partial charge in [0.25, 0.3) is 0 Å². The maximum Gasteiger partial charge on any atom is 0.246 e. The molecular formula is C13H18Cl2N2O2S. The van der Waals surface area contributed by atoms with Crippen molar-refractivity contribution in [2.45, 2.75) is 50.1 Å². The monoisotopic (exact) mass is 336 g/mol. The summed E-state index contributed by atoms with van der Waals surface area (Å²) in [6, 6.07) is 2.79. The van der Waals surface area contributed by atoms with Crippen molar-refractivity contribution >= 4 is 38.9 Å². The van der Waals surface area contributed by atoms with Crippen LogP contribution in [-0.2, 0) is 10.0 Å². The van der Waals surface area contributed by atoms with Crippen LogP contribution in [0, 0.1) is 0 Å². The van der Waals surface area contributed by atoms with Gasteiger partial charge in [-0.1, -0.05) is 30.1 Å². The summed E-state index contributed by atoms with van der Waals surface area (Å²) in [5.74, 6) is 0. The summed E-state index contributed by atoms with van der Waals surface area (Å²) in [5, 5.41) is 0.146. The van der Waals surface area contributed by atoms with E-state index in [1.54, 1.807) is 0 Å². The highest BCUT2D eigenvalue weighted by Gasteiger charge is 2.40. The molecule has 2 N–H and O–H groups in total. The minimum atomic E-state index is -3.71. The quantitative estimate of drug-likeness (QED) is 0.858. The molecule has 0 amide bonds. The summed E-state index contributed by atoms with van der Waals surface area (Å²) in [6.45, 7) is 3.89. The highest BCUT2D eigenvalue weighted by atomic mass is 35.5. The minimum Gasteiger partial charge on any atom is -0.399 e. The number of hydrogen-bond acceptors (Lipinski definition) is 3. The van der Waals surface area contributed by atoms with Gasteiger partial charge in [-0.3, -0.25) is 0 Å². The predicted molar refractivity (Wildman–Crippen MR) is 82.7 cm³/mol. The van der Waals surface area contributed by atoms with Gasteiger partial charge in [0.1, 0.15) is 4.90 Å². The second kappa shape index (κ2) is 5.72. The Kier molecular flexibility index (Phi) is 4.54. The van der Waals surface area contributed by atoms with E-state index in [0.717, 1.165) is 19.3 Å². The molecule has 20 heavy (non-hydrogen) atoms. The molecule has 1 aliphatic rings. The van der Waals surface area contributed by atoms with Gasteiger partial charge in [-0.15, -0.1) is 0 Å². The van der Waals surface area contributed by atoms with Crippen LogP contribution in [0.4, 0.5) is 5.69 Å². The van der Waals surface area contributed by atoms with Crippen LogP contribution >= 0.6 is 23.2 Å². The van der Waals surface area contributed by atoms with Crippen molar-refractivity contribution in [3.63, 3.8) is 0 Å². The van der Waals surface area contributed by atoms with Crippen molar-refractivity contribution in [2.75, 3.05) is 5.73 Å². The van der Waals surface area contributed by atoms with Gasteiger partial charge < -0.3 is 5.73 Å². The van der Waals surface area contributed by atoms with Crippen molar-refractivity contribution in [3.8, 4) is 0 Å². The fourth-order valence-corrected chi connectivity index (χ4v) is 5.93. The zero-order valence-electron chi connectivity index (χ0n) is 11.4. The molecule has 0 aliphatic carbocycles. The van der Waals surface area contributed by atoms with Crippen LogP contribution < -0.4 is 5.73 Å². The zero-order valence-corrected chi connectivity index (χ0v) is 13.8. The largest absolute Gasteiger partial charge is 0.399 e. The highest BCUT2D eigenvalue weighted by molar-refractivity contribution is 7.89. The van der Waals surface area contributed by atoms with E-state index in [-0.39, 0.29) is 27.0 Å².